The number of thioether (sulfide) groups is 1. The van der Waals surface area contributed by atoms with E-state index in [4.69, 9.17) is 9.52 Å². The molecule has 0 aliphatic rings. The van der Waals surface area contributed by atoms with E-state index in [1.54, 1.807) is 6.92 Å². The van der Waals surface area contributed by atoms with Crippen LogP contribution >= 0.6 is 23.1 Å². The Labute approximate surface area is 121 Å². The molecule has 0 aliphatic carbocycles. The van der Waals surface area contributed by atoms with Gasteiger partial charge in [0, 0.05) is 22.4 Å². The minimum atomic E-state index is -4.58. The zero-order chi connectivity index (χ0) is 14.8. The average molecular weight is 323 g/mol. The summed E-state index contributed by atoms with van der Waals surface area (Å²) in [6, 6.07) is 1.86. The van der Waals surface area contributed by atoms with Gasteiger partial charge in [-0.2, -0.15) is 36.3 Å². The summed E-state index contributed by atoms with van der Waals surface area (Å²) < 4.78 is 41.9. The van der Waals surface area contributed by atoms with Crippen LogP contribution < -0.4 is 0 Å². The predicted octanol–water partition coefficient (Wildman–Crippen LogP) is 3.87. The fourth-order valence-corrected chi connectivity index (χ4v) is 3.05. The van der Waals surface area contributed by atoms with Crippen LogP contribution in [0.3, 0.4) is 0 Å². The van der Waals surface area contributed by atoms with Gasteiger partial charge in [0.15, 0.2) is 6.10 Å². The van der Waals surface area contributed by atoms with Crippen LogP contribution in [0.25, 0.3) is 11.5 Å². The van der Waals surface area contributed by atoms with E-state index in [2.05, 4.69) is 4.98 Å². The Morgan fingerprint density at radius 2 is 2.25 bits per heavy atom. The molecule has 3 nitrogen and oxygen atoms in total. The maximum atomic E-state index is 12.1. The summed E-state index contributed by atoms with van der Waals surface area (Å²) in [5.74, 6) is 0.909. The molecule has 0 saturated heterocycles. The van der Waals surface area contributed by atoms with Crippen molar-refractivity contribution in [1.29, 1.82) is 0 Å². The van der Waals surface area contributed by atoms with Crippen molar-refractivity contribution in [3.63, 3.8) is 0 Å². The standard InChI is InChI=1S/C12H12F3NO2S2/c1-7-9(5-20-6-10(17)12(13,14)15)16-11(18-7)8-2-3-19-4-8/h2-4,10,17H,5-6H2,1H3/t10-/m1/s1. The molecule has 20 heavy (non-hydrogen) atoms. The first-order valence-electron chi connectivity index (χ1n) is 5.69. The molecule has 110 valence electrons. The maximum Gasteiger partial charge on any atom is 0.415 e. The first kappa shape index (κ1) is 15.4. The molecule has 2 rings (SSSR count). The number of rotatable bonds is 5. The van der Waals surface area contributed by atoms with Gasteiger partial charge in [0.05, 0.1) is 5.69 Å². The molecule has 0 saturated carbocycles. The van der Waals surface area contributed by atoms with E-state index >= 15 is 0 Å². The fourth-order valence-electron chi connectivity index (χ4n) is 1.43. The lowest BCUT2D eigenvalue weighted by molar-refractivity contribution is -0.195. The summed E-state index contributed by atoms with van der Waals surface area (Å²) in [5, 5.41) is 12.7. The molecule has 0 radical (unpaired) electrons. The smallest absolute Gasteiger partial charge is 0.415 e. The fraction of sp³-hybridized carbons (Fsp3) is 0.417. The first-order chi connectivity index (χ1) is 9.38. The Kier molecular flexibility index (Phi) is 4.77. The van der Waals surface area contributed by atoms with Crippen molar-refractivity contribution in [3.05, 3.63) is 28.3 Å². The van der Waals surface area contributed by atoms with E-state index in [0.717, 1.165) is 17.3 Å². The van der Waals surface area contributed by atoms with Gasteiger partial charge in [-0.05, 0) is 18.4 Å². The van der Waals surface area contributed by atoms with Crippen molar-refractivity contribution in [3.8, 4) is 11.5 Å². The van der Waals surface area contributed by atoms with Crippen molar-refractivity contribution in [2.45, 2.75) is 25.0 Å². The number of hydrogen-bond acceptors (Lipinski definition) is 5. The van der Waals surface area contributed by atoms with Crippen molar-refractivity contribution in [2.24, 2.45) is 0 Å². The third-order valence-corrected chi connectivity index (χ3v) is 4.27. The van der Waals surface area contributed by atoms with Gasteiger partial charge in [0.1, 0.15) is 5.76 Å². The highest BCUT2D eigenvalue weighted by atomic mass is 32.2. The molecule has 2 heterocycles. The zero-order valence-electron chi connectivity index (χ0n) is 10.5. The van der Waals surface area contributed by atoms with Crippen LogP contribution in [0, 0.1) is 6.92 Å². The number of aliphatic hydroxyl groups is 1. The van der Waals surface area contributed by atoms with Gasteiger partial charge in [-0.25, -0.2) is 4.98 Å². The summed E-state index contributed by atoms with van der Waals surface area (Å²) in [7, 11) is 0. The lowest BCUT2D eigenvalue weighted by atomic mass is 10.3. The van der Waals surface area contributed by atoms with E-state index < -0.39 is 18.0 Å². The topological polar surface area (TPSA) is 46.3 Å². The highest BCUT2D eigenvalue weighted by Gasteiger charge is 2.37. The van der Waals surface area contributed by atoms with Crippen molar-refractivity contribution in [2.75, 3.05) is 5.75 Å². The highest BCUT2D eigenvalue weighted by molar-refractivity contribution is 7.98. The van der Waals surface area contributed by atoms with Gasteiger partial charge in [-0.3, -0.25) is 0 Å². The Hall–Kier alpha value is -0.990. The van der Waals surface area contributed by atoms with E-state index in [-0.39, 0.29) is 5.75 Å². The molecule has 2 aromatic heterocycles. The number of aryl methyl sites for hydroxylation is 1. The molecule has 0 aliphatic heterocycles. The second-order valence-corrected chi connectivity index (χ2v) is 5.92. The molecule has 0 spiro atoms. The number of halogens is 3. The summed E-state index contributed by atoms with van der Waals surface area (Å²) >= 11 is 2.49. The largest absolute Gasteiger partial charge is 0.441 e. The quantitative estimate of drug-likeness (QED) is 0.907. The zero-order valence-corrected chi connectivity index (χ0v) is 12.1. The summed E-state index contributed by atoms with van der Waals surface area (Å²) in [6.07, 6.45) is -6.88. The Morgan fingerprint density at radius 3 is 2.85 bits per heavy atom. The molecular weight excluding hydrogens is 311 g/mol. The summed E-state index contributed by atoms with van der Waals surface area (Å²) in [4.78, 5) is 4.27. The van der Waals surface area contributed by atoms with Gasteiger partial charge in [0.25, 0.3) is 0 Å². The molecule has 0 amide bonds. The van der Waals surface area contributed by atoms with Gasteiger partial charge in [-0.1, -0.05) is 0 Å². The monoisotopic (exact) mass is 323 g/mol. The van der Waals surface area contributed by atoms with Crippen molar-refractivity contribution in [1.82, 2.24) is 4.98 Å². The second kappa shape index (κ2) is 6.19. The number of thiophene rings is 1. The average Bonchev–Trinajstić information content (AvgIpc) is 2.98. The van der Waals surface area contributed by atoms with Gasteiger partial charge in [-0.15, -0.1) is 0 Å². The molecule has 0 unspecified atom stereocenters. The first-order valence-corrected chi connectivity index (χ1v) is 7.79. The minimum Gasteiger partial charge on any atom is -0.441 e. The Morgan fingerprint density at radius 1 is 1.50 bits per heavy atom. The van der Waals surface area contributed by atoms with Crippen molar-refractivity contribution < 1.29 is 22.7 Å². The molecule has 0 fully saturated rings. The molecule has 1 N–H and O–H groups in total. The number of nitrogens with zero attached hydrogens (tertiary/aromatic N) is 1. The minimum absolute atomic E-state index is 0.270. The maximum absolute atomic E-state index is 12.1. The van der Waals surface area contributed by atoms with Crippen LogP contribution in [0.5, 0.6) is 0 Å². The van der Waals surface area contributed by atoms with Crippen molar-refractivity contribution >= 4 is 23.1 Å². The van der Waals surface area contributed by atoms with Gasteiger partial charge >= 0.3 is 6.18 Å². The molecule has 1 atom stereocenters. The molecule has 8 heteroatoms. The third-order valence-electron chi connectivity index (χ3n) is 2.55. The number of oxazole rings is 1. The van der Waals surface area contributed by atoms with Crippen LogP contribution in [0.2, 0.25) is 0 Å². The number of alkyl halides is 3. The summed E-state index contributed by atoms with van der Waals surface area (Å²) in [6.45, 7) is 1.72. The van der Waals surface area contributed by atoms with Crippen LogP contribution in [0.1, 0.15) is 11.5 Å². The highest BCUT2D eigenvalue weighted by Crippen LogP contribution is 2.28. The SMILES string of the molecule is Cc1oc(-c2ccsc2)nc1CSC[C@@H](O)C(F)(F)F. The number of hydrogen-bond donors (Lipinski definition) is 1. The normalized spacial score (nSPS) is 13.7. The third kappa shape index (κ3) is 3.77. The van der Waals surface area contributed by atoms with E-state index in [9.17, 15) is 13.2 Å². The molecule has 2 aromatic rings. The lowest BCUT2D eigenvalue weighted by Crippen LogP contribution is -2.30. The van der Waals surface area contributed by atoms with Crippen LogP contribution in [-0.2, 0) is 5.75 Å². The molecule has 0 aromatic carbocycles. The molecule has 0 bridgehead atoms. The van der Waals surface area contributed by atoms with Gasteiger partial charge < -0.3 is 9.52 Å². The predicted molar refractivity (Wildman–Crippen MR) is 72.8 cm³/mol. The van der Waals surface area contributed by atoms with Gasteiger partial charge in [0.2, 0.25) is 5.89 Å². The lowest BCUT2D eigenvalue weighted by Gasteiger charge is -2.13. The second-order valence-electron chi connectivity index (χ2n) is 4.11. The van der Waals surface area contributed by atoms with Crippen LogP contribution in [0.15, 0.2) is 21.2 Å². The molecular formula is C12H12F3NO2S2. The number of aliphatic hydroxyl groups excluding tert-OH is 1. The van der Waals surface area contributed by atoms with Crippen LogP contribution in [0.4, 0.5) is 13.2 Å². The van der Waals surface area contributed by atoms with Crippen LogP contribution in [-0.4, -0.2) is 28.1 Å². The van der Waals surface area contributed by atoms with E-state index in [0.29, 0.717) is 17.3 Å². The van der Waals surface area contributed by atoms with E-state index in [1.807, 2.05) is 16.8 Å². The Balaban J connectivity index is 1.94. The Bertz CT molecular complexity index is 552. The van der Waals surface area contributed by atoms with E-state index in [1.165, 1.54) is 11.3 Å². The summed E-state index contributed by atoms with van der Waals surface area (Å²) in [5.41, 5.74) is 1.45. The number of aromatic nitrogens is 1.